The van der Waals surface area contributed by atoms with Crippen LogP contribution in [0.25, 0.3) is 0 Å². The Kier molecular flexibility index (Phi) is 6.31. The summed E-state index contributed by atoms with van der Waals surface area (Å²) in [6, 6.07) is 15.8. The highest BCUT2D eigenvalue weighted by Gasteiger charge is 2.55. The van der Waals surface area contributed by atoms with Crippen molar-refractivity contribution in [3.8, 4) is 0 Å². The lowest BCUT2D eigenvalue weighted by Gasteiger charge is -2.48. The van der Waals surface area contributed by atoms with Crippen LogP contribution in [0.3, 0.4) is 0 Å². The quantitative estimate of drug-likeness (QED) is 0.206. The van der Waals surface area contributed by atoms with Crippen molar-refractivity contribution >= 4 is 29.5 Å². The third-order valence-electron chi connectivity index (χ3n) is 5.16. The van der Waals surface area contributed by atoms with Crippen molar-refractivity contribution in [2.75, 3.05) is 5.75 Å². The van der Waals surface area contributed by atoms with Gasteiger partial charge in [-0.2, -0.15) is 0 Å². The monoisotopic (exact) mass is 469 g/mol. The highest BCUT2D eigenvalue weighted by Crippen LogP contribution is 2.40. The Bertz CT molecular complexity index is 1120. The second kappa shape index (κ2) is 9.33. The van der Waals surface area contributed by atoms with Gasteiger partial charge < -0.3 is 15.2 Å². The molecule has 10 nitrogen and oxygen atoms in total. The van der Waals surface area contributed by atoms with Gasteiger partial charge in [-0.3, -0.25) is 24.6 Å². The molecule has 2 N–H and O–H groups in total. The number of carbonyl (C=O) groups is 3. The summed E-state index contributed by atoms with van der Waals surface area (Å²) < 4.78 is 5.06. The maximum Gasteiger partial charge on any atom is 0.383 e. The number of fused-ring (bicyclic) bond motifs is 1. The number of benzene rings is 2. The maximum absolute atomic E-state index is 12.8. The summed E-state index contributed by atoms with van der Waals surface area (Å²) >= 11 is 1.16. The summed E-state index contributed by atoms with van der Waals surface area (Å²) in [4.78, 5) is 49.6. The molecule has 2 heterocycles. The number of rotatable bonds is 7. The molecule has 0 aliphatic carbocycles. The van der Waals surface area contributed by atoms with Crippen molar-refractivity contribution in [2.45, 2.75) is 24.1 Å². The van der Waals surface area contributed by atoms with Crippen LogP contribution < -0.4 is 5.32 Å². The number of carbonyl (C=O) groups excluding carboxylic acids is 3. The fourth-order valence-electron chi connectivity index (χ4n) is 3.61. The first kappa shape index (κ1) is 22.3. The highest BCUT2D eigenvalue weighted by atomic mass is 32.2. The number of hydrogen-bond donors (Lipinski definition) is 2. The van der Waals surface area contributed by atoms with Crippen molar-refractivity contribution in [3.05, 3.63) is 93.4 Å². The number of hydrogen-bond acceptors (Lipinski definition) is 8. The van der Waals surface area contributed by atoms with E-state index in [1.54, 1.807) is 42.5 Å². The molecule has 3 atom stereocenters. The van der Waals surface area contributed by atoms with Crippen molar-refractivity contribution in [2.24, 2.45) is 0 Å². The fraction of sp³-hybridized carbons (Fsp3) is 0.227. The van der Waals surface area contributed by atoms with E-state index in [1.165, 1.54) is 12.1 Å². The van der Waals surface area contributed by atoms with Crippen molar-refractivity contribution < 1.29 is 29.2 Å². The minimum Gasteiger partial charge on any atom is -0.509 e. The largest absolute Gasteiger partial charge is 0.509 e. The first-order chi connectivity index (χ1) is 15.9. The molecule has 4 rings (SSSR count). The first-order valence-electron chi connectivity index (χ1n) is 9.96. The SMILES string of the molecule is O=C(Cc1ccccc1)NC1C(=O)N2C(C(=O)OC(c3ccccc3)[N+](=O)[O-])=C(O)CS[C@H]12. The van der Waals surface area contributed by atoms with Gasteiger partial charge >= 0.3 is 12.2 Å². The van der Waals surface area contributed by atoms with E-state index >= 15 is 0 Å². The lowest BCUT2D eigenvalue weighted by Crippen LogP contribution is -2.70. The van der Waals surface area contributed by atoms with E-state index in [0.29, 0.717) is 0 Å². The van der Waals surface area contributed by atoms with E-state index < -0.39 is 45.9 Å². The zero-order valence-corrected chi connectivity index (χ0v) is 17.9. The number of nitro groups is 1. The van der Waals surface area contributed by atoms with Crippen molar-refractivity contribution in [1.82, 2.24) is 10.2 Å². The molecule has 2 aromatic rings. The summed E-state index contributed by atoms with van der Waals surface area (Å²) in [6.45, 7) is 0. The smallest absolute Gasteiger partial charge is 0.383 e. The summed E-state index contributed by atoms with van der Waals surface area (Å²) in [5.41, 5.74) is 0.474. The number of amides is 2. The Morgan fingerprint density at radius 3 is 2.45 bits per heavy atom. The summed E-state index contributed by atoms with van der Waals surface area (Å²) in [6.07, 6.45) is -1.72. The van der Waals surface area contributed by atoms with Crippen LogP contribution in [0.2, 0.25) is 0 Å². The van der Waals surface area contributed by atoms with Crippen LogP contribution in [-0.2, 0) is 25.5 Å². The lowest BCUT2D eigenvalue weighted by atomic mass is 10.0. The number of nitrogens with zero attached hydrogens (tertiary/aromatic N) is 2. The fourth-order valence-corrected chi connectivity index (χ4v) is 4.81. The Morgan fingerprint density at radius 2 is 1.82 bits per heavy atom. The van der Waals surface area contributed by atoms with Gasteiger partial charge in [-0.1, -0.05) is 48.5 Å². The number of thioether (sulfide) groups is 1. The van der Waals surface area contributed by atoms with Gasteiger partial charge in [-0.25, -0.2) is 4.79 Å². The van der Waals surface area contributed by atoms with Crippen LogP contribution in [-0.4, -0.2) is 49.9 Å². The van der Waals surface area contributed by atoms with Gasteiger partial charge in [0.25, 0.3) is 5.91 Å². The average Bonchev–Trinajstić information content (AvgIpc) is 2.81. The first-order valence-corrected chi connectivity index (χ1v) is 11.0. The van der Waals surface area contributed by atoms with Crippen LogP contribution >= 0.6 is 11.8 Å². The number of nitrogens with one attached hydrogen (secondary N) is 1. The molecule has 0 saturated carbocycles. The molecule has 2 aromatic carbocycles. The van der Waals surface area contributed by atoms with Gasteiger partial charge in [0.2, 0.25) is 5.91 Å². The molecule has 0 bridgehead atoms. The molecule has 1 fully saturated rings. The van der Waals surface area contributed by atoms with E-state index in [1.807, 2.05) is 6.07 Å². The molecule has 2 unspecified atom stereocenters. The molecule has 2 amide bonds. The third kappa shape index (κ3) is 4.53. The van der Waals surface area contributed by atoms with E-state index in [2.05, 4.69) is 5.32 Å². The van der Waals surface area contributed by atoms with Gasteiger partial charge in [-0.15, -0.1) is 11.8 Å². The summed E-state index contributed by atoms with van der Waals surface area (Å²) in [7, 11) is 0. The molecular weight excluding hydrogens is 450 g/mol. The number of β-lactam (4-membered cyclic amide) rings is 1. The molecule has 0 radical (unpaired) electrons. The van der Waals surface area contributed by atoms with Crippen LogP contribution in [0.5, 0.6) is 0 Å². The van der Waals surface area contributed by atoms with Crippen LogP contribution in [0.1, 0.15) is 17.4 Å². The van der Waals surface area contributed by atoms with Crippen molar-refractivity contribution in [3.63, 3.8) is 0 Å². The second-order valence-corrected chi connectivity index (χ2v) is 8.47. The van der Waals surface area contributed by atoms with E-state index in [9.17, 15) is 29.6 Å². The molecule has 2 aliphatic heterocycles. The molecule has 0 spiro atoms. The molecule has 11 heteroatoms. The van der Waals surface area contributed by atoms with Gasteiger partial charge in [0.1, 0.15) is 17.2 Å². The molecular formula is C22H19N3O7S. The van der Waals surface area contributed by atoms with Crippen molar-refractivity contribution in [1.29, 1.82) is 0 Å². The summed E-state index contributed by atoms with van der Waals surface area (Å²) in [5, 5.41) is 23.8. The minimum absolute atomic E-state index is 0.0155. The van der Waals surface area contributed by atoms with E-state index in [0.717, 1.165) is 22.2 Å². The third-order valence-corrected chi connectivity index (χ3v) is 6.43. The van der Waals surface area contributed by atoms with Gasteiger partial charge in [0.05, 0.1) is 22.7 Å². The second-order valence-electron chi connectivity index (χ2n) is 7.37. The Balaban J connectivity index is 1.46. The van der Waals surface area contributed by atoms with Crippen LogP contribution in [0.15, 0.2) is 72.1 Å². The Morgan fingerprint density at radius 1 is 1.18 bits per heavy atom. The maximum atomic E-state index is 12.8. The standard InChI is InChI=1S/C22H19N3O7S/c26-15-12-33-21-17(23-16(27)11-13-7-3-1-4-8-13)19(28)24(21)18(15)22(29)32-20(25(30)31)14-9-5-2-6-10-14/h1-10,17,20-21,26H,11-12H2,(H,23,27)/t17?,20?,21-/m1/s1. The van der Waals surface area contributed by atoms with Crippen LogP contribution in [0.4, 0.5) is 0 Å². The van der Waals surface area contributed by atoms with Gasteiger partial charge in [-0.05, 0) is 17.7 Å². The predicted octanol–water partition coefficient (Wildman–Crippen LogP) is 1.92. The number of ether oxygens (including phenoxy) is 1. The van der Waals surface area contributed by atoms with E-state index in [-0.39, 0.29) is 23.6 Å². The number of aliphatic hydroxyl groups is 1. The zero-order chi connectivity index (χ0) is 23.5. The normalized spacial score (nSPS) is 20.4. The molecule has 170 valence electrons. The van der Waals surface area contributed by atoms with Gasteiger partial charge in [0, 0.05) is 0 Å². The Labute approximate surface area is 192 Å². The molecule has 1 saturated heterocycles. The van der Waals surface area contributed by atoms with Crippen LogP contribution in [0, 0.1) is 10.1 Å². The topological polar surface area (TPSA) is 139 Å². The average molecular weight is 469 g/mol. The molecule has 33 heavy (non-hydrogen) atoms. The van der Waals surface area contributed by atoms with Gasteiger partial charge in [0.15, 0.2) is 5.70 Å². The molecule has 2 aliphatic rings. The Hall–Kier alpha value is -3.86. The number of esters is 1. The summed E-state index contributed by atoms with van der Waals surface area (Å²) in [5.74, 6) is -2.59. The van der Waals surface area contributed by atoms with E-state index in [4.69, 9.17) is 4.74 Å². The predicted molar refractivity (Wildman–Crippen MR) is 117 cm³/mol. The minimum atomic E-state index is -1.80. The molecule has 0 aromatic heterocycles. The lowest BCUT2D eigenvalue weighted by molar-refractivity contribution is -0.575. The zero-order valence-electron chi connectivity index (χ0n) is 17.1. The highest BCUT2D eigenvalue weighted by molar-refractivity contribution is 8.00. The number of aliphatic hydroxyl groups excluding tert-OH is 1.